The van der Waals surface area contributed by atoms with Crippen LogP contribution in [0.2, 0.25) is 0 Å². The van der Waals surface area contributed by atoms with Gasteiger partial charge in [-0.2, -0.15) is 0 Å². The smallest absolute Gasteiger partial charge is 0.303 e. The third-order valence-electron chi connectivity index (χ3n) is 2.82. The summed E-state index contributed by atoms with van der Waals surface area (Å²) in [5.74, 6) is -0.851. The Labute approximate surface area is 118 Å². The molecule has 0 spiro atoms. The minimum Gasteiger partial charge on any atom is -0.481 e. The molecule has 0 aliphatic rings. The van der Waals surface area contributed by atoms with E-state index in [1.54, 1.807) is 6.20 Å². The predicted molar refractivity (Wildman–Crippen MR) is 73.1 cm³/mol. The molecule has 1 aromatic heterocycles. The van der Waals surface area contributed by atoms with Crippen molar-refractivity contribution < 1.29 is 14.7 Å². The van der Waals surface area contributed by atoms with Gasteiger partial charge in [0, 0.05) is 25.7 Å². The van der Waals surface area contributed by atoms with Gasteiger partial charge in [0.2, 0.25) is 5.91 Å². The number of carbonyl (C=O) groups is 2. The molecule has 112 valence electrons. The molecule has 0 radical (unpaired) electrons. The molecule has 1 N–H and O–H groups in total. The third-order valence-corrected chi connectivity index (χ3v) is 2.82. The van der Waals surface area contributed by atoms with Gasteiger partial charge in [0.1, 0.15) is 6.54 Å². The van der Waals surface area contributed by atoms with Crippen LogP contribution < -0.4 is 0 Å². The molecule has 1 heterocycles. The van der Waals surface area contributed by atoms with Crippen molar-refractivity contribution in [3.63, 3.8) is 0 Å². The molecule has 0 unspecified atom stereocenters. The lowest BCUT2D eigenvalue weighted by Crippen LogP contribution is -2.35. The van der Waals surface area contributed by atoms with Gasteiger partial charge in [-0.1, -0.05) is 19.1 Å². The molecule has 0 aliphatic carbocycles. The van der Waals surface area contributed by atoms with Crippen LogP contribution in [0.4, 0.5) is 0 Å². The van der Waals surface area contributed by atoms with Crippen LogP contribution in [0.5, 0.6) is 0 Å². The second-order valence-electron chi connectivity index (χ2n) is 4.68. The Kier molecular flexibility index (Phi) is 6.69. The highest BCUT2D eigenvalue weighted by atomic mass is 16.4. The number of hydrogen-bond acceptors (Lipinski definition) is 4. The van der Waals surface area contributed by atoms with Crippen LogP contribution in [0.25, 0.3) is 0 Å². The van der Waals surface area contributed by atoms with E-state index < -0.39 is 5.97 Å². The molecule has 1 amide bonds. The molecule has 7 nitrogen and oxygen atoms in total. The number of carboxylic acids is 1. The number of rotatable bonds is 9. The summed E-state index contributed by atoms with van der Waals surface area (Å²) < 4.78 is 1.47. The first-order valence-corrected chi connectivity index (χ1v) is 6.95. The third kappa shape index (κ3) is 5.38. The maximum absolute atomic E-state index is 12.1. The first-order chi connectivity index (χ1) is 9.56. The molecule has 0 saturated heterocycles. The number of nitrogens with zero attached hydrogens (tertiary/aromatic N) is 4. The van der Waals surface area contributed by atoms with Crippen LogP contribution >= 0.6 is 0 Å². The molecule has 0 saturated carbocycles. The normalized spacial score (nSPS) is 10.5. The molecule has 20 heavy (non-hydrogen) atoms. The van der Waals surface area contributed by atoms with Gasteiger partial charge in [0.25, 0.3) is 0 Å². The number of carboxylic acid groups (broad SMARTS) is 1. The summed E-state index contributed by atoms with van der Waals surface area (Å²) in [7, 11) is 0. The van der Waals surface area contributed by atoms with Crippen molar-refractivity contribution in [2.45, 2.75) is 46.1 Å². The number of aromatic nitrogens is 3. The van der Waals surface area contributed by atoms with Crippen LogP contribution in [0.15, 0.2) is 6.20 Å². The minimum atomic E-state index is -0.868. The zero-order valence-electron chi connectivity index (χ0n) is 12.1. The van der Waals surface area contributed by atoms with Crippen LogP contribution in [0, 0.1) is 0 Å². The summed E-state index contributed by atoms with van der Waals surface area (Å²) in [6.45, 7) is 5.71. The Morgan fingerprint density at radius 2 is 1.95 bits per heavy atom. The van der Waals surface area contributed by atoms with Crippen molar-refractivity contribution in [3.05, 3.63) is 11.9 Å². The van der Waals surface area contributed by atoms with Gasteiger partial charge in [-0.3, -0.25) is 9.59 Å². The largest absolute Gasteiger partial charge is 0.481 e. The highest BCUT2D eigenvalue weighted by Crippen LogP contribution is 2.01. The Balaban J connectivity index is 2.54. The van der Waals surface area contributed by atoms with E-state index in [1.165, 1.54) is 4.68 Å². The standard InChI is InChI=1S/C13H22N4O3/c1-3-7-16(8-4-2)12(18)10-17-9-11(14-15-17)5-6-13(19)20/h9H,3-8,10H2,1-2H3,(H,19,20). The first-order valence-electron chi connectivity index (χ1n) is 6.95. The first kappa shape index (κ1) is 16.1. The molecule has 0 aromatic carbocycles. The molecule has 0 aliphatic heterocycles. The lowest BCUT2D eigenvalue weighted by atomic mass is 10.2. The zero-order valence-corrected chi connectivity index (χ0v) is 12.1. The zero-order chi connectivity index (χ0) is 15.0. The van der Waals surface area contributed by atoms with Gasteiger partial charge in [-0.25, -0.2) is 4.68 Å². The Morgan fingerprint density at radius 3 is 2.50 bits per heavy atom. The highest BCUT2D eigenvalue weighted by Gasteiger charge is 2.13. The van der Waals surface area contributed by atoms with Gasteiger partial charge in [0.15, 0.2) is 0 Å². The number of hydrogen-bond donors (Lipinski definition) is 1. The van der Waals surface area contributed by atoms with E-state index in [1.807, 2.05) is 18.7 Å². The van der Waals surface area contributed by atoms with Crippen molar-refractivity contribution in [1.29, 1.82) is 0 Å². The van der Waals surface area contributed by atoms with Gasteiger partial charge < -0.3 is 10.0 Å². The van der Waals surface area contributed by atoms with Crippen LogP contribution in [-0.4, -0.2) is 50.0 Å². The van der Waals surface area contributed by atoms with Crippen molar-refractivity contribution in [2.24, 2.45) is 0 Å². The number of aliphatic carboxylic acids is 1. The molecule has 0 atom stereocenters. The summed E-state index contributed by atoms with van der Waals surface area (Å²) in [4.78, 5) is 24.4. The Hall–Kier alpha value is -1.92. The SMILES string of the molecule is CCCN(CCC)C(=O)Cn1cc(CCC(=O)O)nn1. The van der Waals surface area contributed by atoms with E-state index in [9.17, 15) is 9.59 Å². The fourth-order valence-electron chi connectivity index (χ4n) is 1.90. The van der Waals surface area contributed by atoms with Crippen molar-refractivity contribution in [1.82, 2.24) is 19.9 Å². The second kappa shape index (κ2) is 8.29. The van der Waals surface area contributed by atoms with Gasteiger partial charge in [0.05, 0.1) is 12.1 Å². The number of aryl methyl sites for hydroxylation is 1. The summed E-state index contributed by atoms with van der Waals surface area (Å²) in [5.41, 5.74) is 0.595. The quantitative estimate of drug-likeness (QED) is 0.728. The molecule has 0 fully saturated rings. The van der Waals surface area contributed by atoms with E-state index in [4.69, 9.17) is 5.11 Å². The highest BCUT2D eigenvalue weighted by molar-refractivity contribution is 5.75. The number of amides is 1. The monoisotopic (exact) mass is 282 g/mol. The molecule has 0 bridgehead atoms. The maximum Gasteiger partial charge on any atom is 0.303 e. The summed E-state index contributed by atoms with van der Waals surface area (Å²) in [6, 6.07) is 0. The molecule has 1 rings (SSSR count). The molecular weight excluding hydrogens is 260 g/mol. The fraction of sp³-hybridized carbons (Fsp3) is 0.692. The minimum absolute atomic E-state index is 0.0170. The van der Waals surface area contributed by atoms with Crippen molar-refractivity contribution in [3.8, 4) is 0 Å². The maximum atomic E-state index is 12.1. The molecular formula is C13H22N4O3. The second-order valence-corrected chi connectivity index (χ2v) is 4.68. The van der Waals surface area contributed by atoms with Gasteiger partial charge >= 0.3 is 5.97 Å². The van der Waals surface area contributed by atoms with E-state index in [-0.39, 0.29) is 18.9 Å². The van der Waals surface area contributed by atoms with E-state index in [2.05, 4.69) is 10.3 Å². The Bertz CT molecular complexity index is 439. The summed E-state index contributed by atoms with van der Waals surface area (Å²) in [6.07, 6.45) is 3.83. The Morgan fingerprint density at radius 1 is 1.30 bits per heavy atom. The predicted octanol–water partition coefficient (Wildman–Crippen LogP) is 0.944. The van der Waals surface area contributed by atoms with Crippen LogP contribution in [-0.2, 0) is 22.6 Å². The molecule has 7 heteroatoms. The van der Waals surface area contributed by atoms with E-state index in [0.717, 1.165) is 25.9 Å². The van der Waals surface area contributed by atoms with Crippen molar-refractivity contribution >= 4 is 11.9 Å². The topological polar surface area (TPSA) is 88.3 Å². The van der Waals surface area contributed by atoms with E-state index >= 15 is 0 Å². The summed E-state index contributed by atoms with van der Waals surface area (Å²) in [5, 5.41) is 16.3. The van der Waals surface area contributed by atoms with Crippen LogP contribution in [0.3, 0.4) is 0 Å². The fourth-order valence-corrected chi connectivity index (χ4v) is 1.90. The lowest BCUT2D eigenvalue weighted by molar-refractivity contribution is -0.137. The van der Waals surface area contributed by atoms with Crippen LogP contribution in [0.1, 0.15) is 38.8 Å². The summed E-state index contributed by atoms with van der Waals surface area (Å²) >= 11 is 0. The van der Waals surface area contributed by atoms with Gasteiger partial charge in [-0.05, 0) is 12.8 Å². The molecule has 1 aromatic rings. The average Bonchev–Trinajstić information content (AvgIpc) is 2.83. The van der Waals surface area contributed by atoms with Gasteiger partial charge in [-0.15, -0.1) is 5.10 Å². The lowest BCUT2D eigenvalue weighted by Gasteiger charge is -2.21. The average molecular weight is 282 g/mol. The number of carbonyl (C=O) groups excluding carboxylic acids is 1. The van der Waals surface area contributed by atoms with E-state index in [0.29, 0.717) is 12.1 Å². The van der Waals surface area contributed by atoms with Crippen molar-refractivity contribution in [2.75, 3.05) is 13.1 Å².